The van der Waals surface area contributed by atoms with Crippen molar-refractivity contribution in [3.05, 3.63) is 71.0 Å². The number of hydrogen-bond donors (Lipinski definition) is 2. The Labute approximate surface area is 170 Å². The van der Waals surface area contributed by atoms with Crippen LogP contribution in [0.4, 0.5) is 5.69 Å². The van der Waals surface area contributed by atoms with Crippen LogP contribution in [0.5, 0.6) is 0 Å². The number of para-hydroxylation sites is 1. The highest BCUT2D eigenvalue weighted by Crippen LogP contribution is 2.22. The van der Waals surface area contributed by atoms with Crippen LogP contribution in [-0.4, -0.2) is 24.1 Å². The molecule has 1 amide bonds. The lowest BCUT2D eigenvalue weighted by molar-refractivity contribution is -0.114. The van der Waals surface area contributed by atoms with E-state index in [-0.39, 0.29) is 17.3 Å². The summed E-state index contributed by atoms with van der Waals surface area (Å²) in [5, 5.41) is 7.17. The van der Waals surface area contributed by atoms with Gasteiger partial charge in [-0.2, -0.15) is 5.10 Å². The van der Waals surface area contributed by atoms with Gasteiger partial charge in [0.2, 0.25) is 15.9 Å². The van der Waals surface area contributed by atoms with Gasteiger partial charge in [0.05, 0.1) is 16.3 Å². The maximum absolute atomic E-state index is 12.9. The monoisotopic (exact) mass is 412 g/mol. The van der Waals surface area contributed by atoms with Crippen LogP contribution in [0.15, 0.2) is 53.4 Å². The van der Waals surface area contributed by atoms with Gasteiger partial charge in [0.1, 0.15) is 0 Å². The van der Waals surface area contributed by atoms with Crippen molar-refractivity contribution in [1.29, 1.82) is 0 Å². The molecule has 0 unspecified atom stereocenters. The smallest absolute Gasteiger partial charge is 0.241 e. The molecule has 0 fully saturated rings. The standard InChI is InChI=1S/C21H24N4O3S/c1-14-10-11-18(23-17(4)26)12-21(14)29(27,28)22-13-20-15(2)24-25(16(20)3)19-8-6-5-7-9-19/h5-12,22H,13H2,1-4H3,(H,23,26). The summed E-state index contributed by atoms with van der Waals surface area (Å²) >= 11 is 0. The minimum absolute atomic E-state index is 0.122. The Balaban J connectivity index is 1.86. The first-order chi connectivity index (χ1) is 13.7. The number of sulfonamides is 1. The van der Waals surface area contributed by atoms with Crippen LogP contribution in [0.1, 0.15) is 29.4 Å². The Hall–Kier alpha value is -2.97. The van der Waals surface area contributed by atoms with Gasteiger partial charge < -0.3 is 5.32 Å². The van der Waals surface area contributed by atoms with Crippen molar-refractivity contribution in [1.82, 2.24) is 14.5 Å². The zero-order chi connectivity index (χ0) is 21.2. The van der Waals surface area contributed by atoms with Crippen LogP contribution in [0.25, 0.3) is 5.69 Å². The van der Waals surface area contributed by atoms with Crippen LogP contribution >= 0.6 is 0 Å². The molecule has 152 valence electrons. The van der Waals surface area contributed by atoms with Crippen molar-refractivity contribution in [3.8, 4) is 5.69 Å². The second kappa shape index (κ2) is 8.18. The van der Waals surface area contributed by atoms with E-state index in [0.29, 0.717) is 11.3 Å². The van der Waals surface area contributed by atoms with E-state index in [9.17, 15) is 13.2 Å². The van der Waals surface area contributed by atoms with Gasteiger partial charge >= 0.3 is 0 Å². The molecule has 0 saturated heterocycles. The van der Waals surface area contributed by atoms with Crippen LogP contribution in [0.3, 0.4) is 0 Å². The van der Waals surface area contributed by atoms with Crippen molar-refractivity contribution < 1.29 is 13.2 Å². The molecule has 3 aromatic rings. The molecule has 0 spiro atoms. The number of aryl methyl sites for hydroxylation is 2. The van der Waals surface area contributed by atoms with E-state index >= 15 is 0 Å². The SMILES string of the molecule is CC(=O)Nc1ccc(C)c(S(=O)(=O)NCc2c(C)nn(-c3ccccc3)c2C)c1. The third-order valence-corrected chi connectivity index (χ3v) is 6.22. The number of nitrogens with zero attached hydrogens (tertiary/aromatic N) is 2. The summed E-state index contributed by atoms with van der Waals surface area (Å²) in [5.41, 5.74) is 4.42. The molecule has 8 heteroatoms. The lowest BCUT2D eigenvalue weighted by Crippen LogP contribution is -2.24. The molecule has 0 aliphatic heterocycles. The number of aromatic nitrogens is 2. The number of carbonyl (C=O) groups is 1. The lowest BCUT2D eigenvalue weighted by atomic mass is 10.2. The summed E-state index contributed by atoms with van der Waals surface area (Å²) < 4.78 is 30.3. The molecule has 3 rings (SSSR count). The predicted molar refractivity (Wildman–Crippen MR) is 113 cm³/mol. The third kappa shape index (κ3) is 4.55. The van der Waals surface area contributed by atoms with E-state index in [1.807, 2.05) is 48.9 Å². The second-order valence-electron chi connectivity index (χ2n) is 6.88. The molecule has 0 atom stereocenters. The number of benzene rings is 2. The Morgan fingerprint density at radius 3 is 2.41 bits per heavy atom. The molecule has 1 heterocycles. The molecule has 29 heavy (non-hydrogen) atoms. The normalized spacial score (nSPS) is 11.4. The van der Waals surface area contributed by atoms with Gasteiger partial charge in [-0.15, -0.1) is 0 Å². The highest BCUT2D eigenvalue weighted by molar-refractivity contribution is 7.89. The number of rotatable bonds is 6. The van der Waals surface area contributed by atoms with Gasteiger partial charge in [0.25, 0.3) is 0 Å². The number of anilines is 1. The van der Waals surface area contributed by atoms with Crippen LogP contribution < -0.4 is 10.0 Å². The maximum atomic E-state index is 12.9. The molecule has 7 nitrogen and oxygen atoms in total. The molecule has 0 aliphatic rings. The number of hydrogen-bond acceptors (Lipinski definition) is 4. The zero-order valence-electron chi connectivity index (χ0n) is 16.9. The molecule has 0 radical (unpaired) electrons. The van der Waals surface area contributed by atoms with Crippen LogP contribution in [0, 0.1) is 20.8 Å². The number of nitrogens with one attached hydrogen (secondary N) is 2. The van der Waals surface area contributed by atoms with Crippen molar-refractivity contribution >= 4 is 21.6 Å². The highest BCUT2D eigenvalue weighted by atomic mass is 32.2. The van der Waals surface area contributed by atoms with Gasteiger partial charge in [-0.25, -0.2) is 17.8 Å². The fourth-order valence-corrected chi connectivity index (χ4v) is 4.43. The van der Waals surface area contributed by atoms with Gasteiger partial charge in [0, 0.05) is 30.4 Å². The first-order valence-corrected chi connectivity index (χ1v) is 10.7. The summed E-state index contributed by atoms with van der Waals surface area (Å²) in [6, 6.07) is 14.5. The van der Waals surface area contributed by atoms with Gasteiger partial charge in [-0.3, -0.25) is 4.79 Å². The summed E-state index contributed by atoms with van der Waals surface area (Å²) in [6.45, 7) is 6.99. The summed E-state index contributed by atoms with van der Waals surface area (Å²) in [4.78, 5) is 11.4. The van der Waals surface area contributed by atoms with E-state index < -0.39 is 10.0 Å². The molecule has 0 aliphatic carbocycles. The Morgan fingerprint density at radius 1 is 1.07 bits per heavy atom. The summed E-state index contributed by atoms with van der Waals surface area (Å²) in [5.74, 6) is -0.260. The lowest BCUT2D eigenvalue weighted by Gasteiger charge is -2.12. The minimum atomic E-state index is -3.77. The number of carbonyl (C=O) groups excluding carboxylic acids is 1. The number of amides is 1. The largest absolute Gasteiger partial charge is 0.326 e. The Kier molecular flexibility index (Phi) is 5.86. The fourth-order valence-electron chi connectivity index (χ4n) is 3.17. The van der Waals surface area contributed by atoms with Crippen molar-refractivity contribution in [2.24, 2.45) is 0 Å². The Bertz CT molecular complexity index is 1150. The molecule has 2 aromatic carbocycles. The topological polar surface area (TPSA) is 93.1 Å². The van der Waals surface area contributed by atoms with E-state index in [1.54, 1.807) is 19.1 Å². The molecule has 1 aromatic heterocycles. The molecule has 0 bridgehead atoms. The van der Waals surface area contributed by atoms with Gasteiger partial charge in [0.15, 0.2) is 0 Å². The van der Waals surface area contributed by atoms with E-state index in [2.05, 4.69) is 15.1 Å². The van der Waals surface area contributed by atoms with Gasteiger partial charge in [-0.1, -0.05) is 24.3 Å². The highest BCUT2D eigenvalue weighted by Gasteiger charge is 2.20. The second-order valence-corrected chi connectivity index (χ2v) is 8.62. The minimum Gasteiger partial charge on any atom is -0.326 e. The molecular formula is C21H24N4O3S. The van der Waals surface area contributed by atoms with Gasteiger partial charge in [-0.05, 0) is 50.6 Å². The van der Waals surface area contributed by atoms with Crippen LogP contribution in [0.2, 0.25) is 0 Å². The first-order valence-electron chi connectivity index (χ1n) is 9.17. The average Bonchev–Trinajstić information content (AvgIpc) is 2.96. The third-order valence-electron chi connectivity index (χ3n) is 4.68. The summed E-state index contributed by atoms with van der Waals surface area (Å²) in [6.07, 6.45) is 0. The van der Waals surface area contributed by atoms with Crippen molar-refractivity contribution in [2.75, 3.05) is 5.32 Å². The van der Waals surface area contributed by atoms with Crippen LogP contribution in [-0.2, 0) is 21.4 Å². The average molecular weight is 413 g/mol. The van der Waals surface area contributed by atoms with E-state index in [0.717, 1.165) is 22.6 Å². The van der Waals surface area contributed by atoms with E-state index in [4.69, 9.17) is 0 Å². The van der Waals surface area contributed by atoms with E-state index in [1.165, 1.54) is 13.0 Å². The Morgan fingerprint density at radius 2 is 1.76 bits per heavy atom. The molecule has 0 saturated carbocycles. The van der Waals surface area contributed by atoms with Crippen molar-refractivity contribution in [2.45, 2.75) is 39.1 Å². The first kappa shape index (κ1) is 20.8. The maximum Gasteiger partial charge on any atom is 0.241 e. The summed E-state index contributed by atoms with van der Waals surface area (Å²) in [7, 11) is -3.77. The van der Waals surface area contributed by atoms with Crippen molar-refractivity contribution in [3.63, 3.8) is 0 Å². The predicted octanol–water partition coefficient (Wildman–Crippen LogP) is 3.23. The zero-order valence-corrected chi connectivity index (χ0v) is 17.7. The molecule has 2 N–H and O–H groups in total. The molecular weight excluding hydrogens is 388 g/mol. The fraction of sp³-hybridized carbons (Fsp3) is 0.238. The quantitative estimate of drug-likeness (QED) is 0.650.